The molecule has 9 heteroatoms. The summed E-state index contributed by atoms with van der Waals surface area (Å²) in [5.74, 6) is 0.184. The summed E-state index contributed by atoms with van der Waals surface area (Å²) in [4.78, 5) is 0. The molecule has 0 radical (unpaired) electrons. The third-order valence-corrected chi connectivity index (χ3v) is 5.75. The third-order valence-electron chi connectivity index (χ3n) is 5.75. The molecule has 0 spiro atoms. The van der Waals surface area contributed by atoms with Crippen molar-refractivity contribution >= 4 is 0 Å². The molecule has 0 amide bonds. The molecule has 1 aliphatic rings. The molecular formula is C25H36CrO8. The van der Waals surface area contributed by atoms with E-state index in [1.165, 1.54) is 0 Å². The molecule has 0 unspecified atom stereocenters. The Morgan fingerprint density at radius 2 is 1.26 bits per heavy atom. The molecule has 0 aliphatic carbocycles. The Bertz CT molecular complexity index is 704. The first kappa shape index (κ1) is 37.3. The molecular weight excluding hydrogens is 480 g/mol. The predicted molar refractivity (Wildman–Crippen MR) is 117 cm³/mol. The summed E-state index contributed by atoms with van der Waals surface area (Å²) in [5.41, 5.74) is 0.903. The van der Waals surface area contributed by atoms with E-state index in [9.17, 15) is 5.11 Å². The molecule has 2 rings (SSSR count). The summed E-state index contributed by atoms with van der Waals surface area (Å²) in [6.07, 6.45) is -0.978. The van der Waals surface area contributed by atoms with Gasteiger partial charge in [-0.1, -0.05) is 38.1 Å². The maximum atomic E-state index is 10.4. The molecule has 8 nitrogen and oxygen atoms in total. The molecule has 0 bridgehead atoms. The Balaban J connectivity index is -0.00000127. The Morgan fingerprint density at radius 3 is 1.62 bits per heavy atom. The van der Waals surface area contributed by atoms with Crippen molar-refractivity contribution in [2.24, 2.45) is 5.92 Å². The van der Waals surface area contributed by atoms with Crippen LogP contribution in [0.4, 0.5) is 0 Å². The van der Waals surface area contributed by atoms with Gasteiger partial charge in [0.25, 0.3) is 0 Å². The molecule has 0 aromatic heterocycles. The Labute approximate surface area is 214 Å². The molecule has 1 heterocycles. The minimum absolute atomic E-state index is 0. The van der Waals surface area contributed by atoms with Gasteiger partial charge in [0, 0.05) is 37.1 Å². The van der Waals surface area contributed by atoms with Crippen LogP contribution in [0, 0.1) is 25.9 Å². The smallest absolute Gasteiger partial charge is 0 e. The van der Waals surface area contributed by atoms with Crippen LogP contribution in [0.1, 0.15) is 59.0 Å². The van der Waals surface area contributed by atoms with Gasteiger partial charge in [0.15, 0.2) is 6.29 Å². The van der Waals surface area contributed by atoms with Crippen molar-refractivity contribution < 1.29 is 55.4 Å². The topological polar surface area (TPSA) is 117 Å². The zero-order valence-electron chi connectivity index (χ0n) is 21.1. The summed E-state index contributed by atoms with van der Waals surface area (Å²) in [7, 11) is 3.36. The fraction of sp³-hybridized carbons (Fsp3) is 0.640. The standard InChI is InChI=1S/C22H36O5.3CO.Cr/c1-14(2)17(23)13-15-11-9-10-12-16(15)20-26-18(21(3,4)24-7)19(27-20)22(5,6)25-8;3*1-2;/h9-12,14,17-20,23H,13H2,1-8H3;;;;/t17-,18-,19-;;;;/m1..../s1. The minimum Gasteiger partial charge on any atom is 0 e. The Kier molecular flexibility index (Phi) is 19.9. The summed E-state index contributed by atoms with van der Waals surface area (Å²) in [6, 6.07) is 7.98. The van der Waals surface area contributed by atoms with Gasteiger partial charge >= 0.3 is 33.9 Å². The second kappa shape index (κ2) is 18.1. The fourth-order valence-corrected chi connectivity index (χ4v) is 3.29. The van der Waals surface area contributed by atoms with Gasteiger partial charge in [0.2, 0.25) is 0 Å². The fourth-order valence-electron chi connectivity index (χ4n) is 3.29. The second-order valence-corrected chi connectivity index (χ2v) is 8.77. The molecule has 3 atom stereocenters. The van der Waals surface area contributed by atoms with E-state index in [-0.39, 0.29) is 35.5 Å². The quantitative estimate of drug-likeness (QED) is 0.417. The molecule has 1 aromatic carbocycles. The third kappa shape index (κ3) is 10.2. The molecule has 190 valence electrons. The van der Waals surface area contributed by atoms with E-state index in [4.69, 9.17) is 32.9 Å². The van der Waals surface area contributed by atoms with Crippen LogP contribution >= 0.6 is 0 Å². The number of ether oxygens (including phenoxy) is 4. The number of methoxy groups -OCH3 is 2. The molecule has 0 saturated carbocycles. The molecule has 1 fully saturated rings. The molecule has 1 aromatic rings. The van der Waals surface area contributed by atoms with Crippen molar-refractivity contribution in [3.05, 3.63) is 55.3 Å². The first-order valence-corrected chi connectivity index (χ1v) is 10.3. The average molecular weight is 517 g/mol. The molecule has 1 aliphatic heterocycles. The van der Waals surface area contributed by atoms with Crippen LogP contribution in [0.3, 0.4) is 0 Å². The first-order chi connectivity index (χ1) is 15.5. The maximum absolute atomic E-state index is 10.4. The van der Waals surface area contributed by atoms with Crippen molar-refractivity contribution in [3.63, 3.8) is 0 Å². The largest absolute Gasteiger partial charge is 0 e. The SMILES string of the molecule is COC(C)(C)[C@@H]1OC(c2ccccc2C[C@@H](O)C(C)C)O[C@H]1C(C)(C)OC.[C-]#[O+].[C-]#[O+].[C-]#[O+].[Cr]. The minimum atomic E-state index is -0.540. The van der Waals surface area contributed by atoms with Crippen LogP contribution < -0.4 is 0 Å². The van der Waals surface area contributed by atoms with Gasteiger partial charge in [-0.05, 0) is 45.6 Å². The van der Waals surface area contributed by atoms with Gasteiger partial charge in [-0.15, -0.1) is 0 Å². The zero-order valence-corrected chi connectivity index (χ0v) is 22.4. The first-order valence-electron chi connectivity index (χ1n) is 10.3. The number of aliphatic hydroxyl groups excluding tert-OH is 1. The van der Waals surface area contributed by atoms with E-state index in [1.807, 2.05) is 65.8 Å². The van der Waals surface area contributed by atoms with E-state index < -0.39 is 23.6 Å². The molecule has 1 N–H and O–H groups in total. The van der Waals surface area contributed by atoms with Crippen molar-refractivity contribution in [2.45, 2.75) is 83.8 Å². The molecule has 34 heavy (non-hydrogen) atoms. The van der Waals surface area contributed by atoms with Gasteiger partial charge in [-0.3, -0.25) is 0 Å². The second-order valence-electron chi connectivity index (χ2n) is 8.77. The predicted octanol–water partition coefficient (Wildman–Crippen LogP) is 3.76. The number of rotatable bonds is 8. The Hall–Kier alpha value is -1.23. The average Bonchev–Trinajstić information content (AvgIpc) is 3.30. The summed E-state index contributed by atoms with van der Waals surface area (Å²) in [6.45, 7) is 25.5. The van der Waals surface area contributed by atoms with Gasteiger partial charge in [0.05, 0.1) is 17.3 Å². The maximum Gasteiger partial charge on any atom is 0 e. The monoisotopic (exact) mass is 516 g/mol. The van der Waals surface area contributed by atoms with Crippen molar-refractivity contribution in [1.29, 1.82) is 0 Å². The van der Waals surface area contributed by atoms with Crippen molar-refractivity contribution in [3.8, 4) is 0 Å². The number of benzene rings is 1. The van der Waals surface area contributed by atoms with E-state index in [1.54, 1.807) is 14.2 Å². The Morgan fingerprint density at radius 1 is 0.882 bits per heavy atom. The van der Waals surface area contributed by atoms with E-state index in [0.717, 1.165) is 11.1 Å². The van der Waals surface area contributed by atoms with E-state index >= 15 is 0 Å². The van der Waals surface area contributed by atoms with Gasteiger partial charge in [-0.2, -0.15) is 0 Å². The van der Waals surface area contributed by atoms with Crippen LogP contribution in [0.2, 0.25) is 0 Å². The van der Waals surface area contributed by atoms with Crippen LogP contribution in [0.25, 0.3) is 0 Å². The summed E-state index contributed by atoms with van der Waals surface area (Å²) < 4.78 is 46.7. The van der Waals surface area contributed by atoms with E-state index in [0.29, 0.717) is 6.42 Å². The van der Waals surface area contributed by atoms with E-state index in [2.05, 4.69) is 20.0 Å². The van der Waals surface area contributed by atoms with Crippen LogP contribution in [0.5, 0.6) is 0 Å². The molecule has 1 saturated heterocycles. The zero-order chi connectivity index (χ0) is 26.4. The van der Waals surface area contributed by atoms with Gasteiger partial charge in [0.1, 0.15) is 12.2 Å². The van der Waals surface area contributed by atoms with Crippen LogP contribution in [0.15, 0.2) is 24.3 Å². The number of aliphatic hydroxyl groups is 1. The van der Waals surface area contributed by atoms with Crippen molar-refractivity contribution in [2.75, 3.05) is 14.2 Å². The normalized spacial score (nSPS) is 18.6. The summed E-state index contributed by atoms with van der Waals surface area (Å²) in [5, 5.41) is 10.4. The number of hydrogen-bond acceptors (Lipinski definition) is 5. The van der Waals surface area contributed by atoms with Crippen molar-refractivity contribution in [1.82, 2.24) is 0 Å². The van der Waals surface area contributed by atoms with Crippen LogP contribution in [-0.2, 0) is 56.7 Å². The number of hydrogen-bond donors (Lipinski definition) is 1. The van der Waals surface area contributed by atoms with Crippen LogP contribution in [-0.4, -0.2) is 48.8 Å². The van der Waals surface area contributed by atoms with Gasteiger partial charge in [-0.25, -0.2) is 0 Å². The van der Waals surface area contributed by atoms with Gasteiger partial charge < -0.3 is 24.1 Å². The summed E-state index contributed by atoms with van der Waals surface area (Å²) >= 11 is 0.